The van der Waals surface area contributed by atoms with Crippen LogP contribution in [0.15, 0.2) is 23.1 Å². The first-order valence-electron chi connectivity index (χ1n) is 5.79. The largest absolute Gasteiger partial charge is 0.299 e. The van der Waals surface area contributed by atoms with Crippen molar-refractivity contribution < 1.29 is 13.2 Å². The van der Waals surface area contributed by atoms with Crippen molar-refractivity contribution in [1.82, 2.24) is 5.32 Å². The Morgan fingerprint density at radius 2 is 2.06 bits per heavy atom. The van der Waals surface area contributed by atoms with E-state index in [1.165, 1.54) is 0 Å². The maximum Gasteiger partial charge on any atom is 0.213 e. The van der Waals surface area contributed by atoms with E-state index in [1.807, 2.05) is 0 Å². The Morgan fingerprint density at radius 1 is 1.33 bits per heavy atom. The first kappa shape index (κ1) is 12.6. The Labute approximate surface area is 119 Å². The van der Waals surface area contributed by atoms with Gasteiger partial charge in [-0.1, -0.05) is 6.07 Å². The monoisotopic (exact) mass is 377 g/mol. The Bertz CT molecular complexity index is 622. The summed E-state index contributed by atoms with van der Waals surface area (Å²) in [5.74, 6) is 0. The highest BCUT2D eigenvalue weighted by molar-refractivity contribution is 14.1. The molecule has 0 bridgehead atoms. The lowest BCUT2D eigenvalue weighted by atomic mass is 10.1. The van der Waals surface area contributed by atoms with Crippen molar-refractivity contribution in [2.24, 2.45) is 0 Å². The van der Waals surface area contributed by atoms with E-state index >= 15 is 0 Å². The molecule has 1 fully saturated rings. The molecular weight excluding hydrogens is 365 g/mol. The van der Waals surface area contributed by atoms with Crippen molar-refractivity contribution in [1.29, 1.82) is 0 Å². The number of carbonyl (C=O) groups excluding carboxylic acids is 1. The van der Waals surface area contributed by atoms with E-state index in [2.05, 4.69) is 5.32 Å². The molecule has 1 unspecified atom stereocenters. The summed E-state index contributed by atoms with van der Waals surface area (Å²) >= 11 is 1.77. The molecule has 18 heavy (non-hydrogen) atoms. The van der Waals surface area contributed by atoms with Gasteiger partial charge in [-0.15, -0.1) is 0 Å². The van der Waals surface area contributed by atoms with Crippen molar-refractivity contribution in [3.8, 4) is 0 Å². The SMILES string of the molecule is O=C(I)C1NCc2cc(S(=O)(=O)C3CC3)ccc21. The third kappa shape index (κ3) is 2.00. The summed E-state index contributed by atoms with van der Waals surface area (Å²) in [6, 6.07) is 4.83. The first-order chi connectivity index (χ1) is 8.50. The van der Waals surface area contributed by atoms with E-state index in [4.69, 9.17) is 0 Å². The van der Waals surface area contributed by atoms with Crippen LogP contribution in [0.5, 0.6) is 0 Å². The summed E-state index contributed by atoms with van der Waals surface area (Å²) in [6.45, 7) is 0.558. The van der Waals surface area contributed by atoms with Crippen LogP contribution in [0.4, 0.5) is 0 Å². The summed E-state index contributed by atoms with van der Waals surface area (Å²) in [5, 5.41) is 2.91. The molecule has 4 nitrogen and oxygen atoms in total. The van der Waals surface area contributed by atoms with Gasteiger partial charge in [0.1, 0.15) is 6.04 Å². The van der Waals surface area contributed by atoms with Gasteiger partial charge in [-0.25, -0.2) is 8.42 Å². The molecule has 0 aromatic heterocycles. The second-order valence-electron chi connectivity index (χ2n) is 4.72. The predicted molar refractivity (Wildman–Crippen MR) is 75.3 cm³/mol. The molecule has 6 heteroatoms. The summed E-state index contributed by atoms with van der Waals surface area (Å²) in [7, 11) is -3.14. The summed E-state index contributed by atoms with van der Waals surface area (Å²) in [4.78, 5) is 11.8. The zero-order valence-electron chi connectivity index (χ0n) is 9.52. The Hall–Kier alpha value is -0.470. The van der Waals surface area contributed by atoms with Crippen LogP contribution in [0.2, 0.25) is 0 Å². The van der Waals surface area contributed by atoms with Crippen LogP contribution in [0.3, 0.4) is 0 Å². The Balaban J connectivity index is 2.01. The van der Waals surface area contributed by atoms with Gasteiger partial charge in [-0.2, -0.15) is 0 Å². The van der Waals surface area contributed by atoms with Crippen LogP contribution in [-0.2, 0) is 21.2 Å². The van der Waals surface area contributed by atoms with Gasteiger partial charge in [0.2, 0.25) is 3.79 Å². The number of rotatable bonds is 3. The van der Waals surface area contributed by atoms with Gasteiger partial charge in [0.05, 0.1) is 10.1 Å². The standard InChI is InChI=1S/C12H12INO3S/c13-12(15)11-10-4-3-9(5-7(10)6-14-11)18(16,17)8-1-2-8/h3-5,8,11,14H,1-2,6H2. The fourth-order valence-corrected chi connectivity index (χ4v) is 4.55. The minimum atomic E-state index is -3.14. The smallest absolute Gasteiger partial charge is 0.213 e. The third-order valence-electron chi connectivity index (χ3n) is 3.44. The molecule has 96 valence electrons. The van der Waals surface area contributed by atoms with E-state index in [1.54, 1.807) is 40.8 Å². The number of hydrogen-bond donors (Lipinski definition) is 1. The molecule has 0 spiro atoms. The van der Waals surface area contributed by atoms with E-state index in [9.17, 15) is 13.2 Å². The molecule has 1 aliphatic heterocycles. The van der Waals surface area contributed by atoms with Crippen molar-refractivity contribution in [3.05, 3.63) is 29.3 Å². The highest BCUT2D eigenvalue weighted by Crippen LogP contribution is 2.36. The minimum Gasteiger partial charge on any atom is -0.299 e. The lowest BCUT2D eigenvalue weighted by Crippen LogP contribution is -2.17. The van der Waals surface area contributed by atoms with Crippen LogP contribution in [-0.4, -0.2) is 17.5 Å². The molecule has 3 rings (SSSR count). The summed E-state index contributed by atoms with van der Waals surface area (Å²) in [5.41, 5.74) is 1.83. The molecule has 0 radical (unpaired) electrons. The molecule has 1 heterocycles. The van der Waals surface area contributed by atoms with E-state index in [0.29, 0.717) is 11.4 Å². The van der Waals surface area contributed by atoms with Gasteiger partial charge in [0.15, 0.2) is 9.84 Å². The number of hydrogen-bond acceptors (Lipinski definition) is 4. The zero-order chi connectivity index (χ0) is 12.9. The summed E-state index contributed by atoms with van der Waals surface area (Å²) < 4.78 is 24.3. The number of halogens is 1. The van der Waals surface area contributed by atoms with Crippen LogP contribution < -0.4 is 5.32 Å². The van der Waals surface area contributed by atoms with Gasteiger partial charge in [0, 0.05) is 29.1 Å². The van der Waals surface area contributed by atoms with Crippen LogP contribution in [0, 0.1) is 0 Å². The molecule has 1 aliphatic carbocycles. The van der Waals surface area contributed by atoms with Crippen LogP contribution in [0.25, 0.3) is 0 Å². The molecule has 0 saturated heterocycles. The van der Waals surface area contributed by atoms with E-state index in [0.717, 1.165) is 24.0 Å². The number of sulfone groups is 1. The quantitative estimate of drug-likeness (QED) is 0.644. The highest BCUT2D eigenvalue weighted by Gasteiger charge is 2.37. The highest BCUT2D eigenvalue weighted by atomic mass is 127. The van der Waals surface area contributed by atoms with Crippen molar-refractivity contribution in [2.45, 2.75) is 35.6 Å². The zero-order valence-corrected chi connectivity index (χ0v) is 12.5. The van der Waals surface area contributed by atoms with E-state index in [-0.39, 0.29) is 15.1 Å². The molecular formula is C12H12INO3S. The van der Waals surface area contributed by atoms with Crippen molar-refractivity contribution in [3.63, 3.8) is 0 Å². The summed E-state index contributed by atoms with van der Waals surface area (Å²) in [6.07, 6.45) is 1.54. The number of nitrogens with one attached hydrogen (secondary N) is 1. The maximum absolute atomic E-state index is 12.1. The molecule has 0 amide bonds. The molecule has 1 aromatic carbocycles. The molecule has 1 saturated carbocycles. The van der Waals surface area contributed by atoms with Gasteiger partial charge in [-0.05, 0) is 36.1 Å². The average Bonchev–Trinajstić information content (AvgIpc) is 3.08. The second kappa shape index (κ2) is 4.28. The first-order valence-corrected chi connectivity index (χ1v) is 8.42. The number of fused-ring (bicyclic) bond motifs is 1. The lowest BCUT2D eigenvalue weighted by molar-refractivity contribution is -0.111. The van der Waals surface area contributed by atoms with Crippen molar-refractivity contribution in [2.75, 3.05) is 0 Å². The fourth-order valence-electron chi connectivity index (χ4n) is 2.29. The second-order valence-corrected chi connectivity index (χ2v) is 8.01. The lowest BCUT2D eigenvalue weighted by Gasteiger charge is -2.08. The predicted octanol–water partition coefficient (Wildman–Crippen LogP) is 1.73. The Morgan fingerprint density at radius 3 is 2.67 bits per heavy atom. The topological polar surface area (TPSA) is 63.2 Å². The molecule has 1 atom stereocenters. The minimum absolute atomic E-state index is 0.0316. The van der Waals surface area contributed by atoms with Crippen LogP contribution in [0.1, 0.15) is 30.0 Å². The fraction of sp³-hybridized carbons (Fsp3) is 0.417. The van der Waals surface area contributed by atoms with Gasteiger partial charge < -0.3 is 0 Å². The van der Waals surface area contributed by atoms with Gasteiger partial charge >= 0.3 is 0 Å². The van der Waals surface area contributed by atoms with Gasteiger partial charge in [-0.3, -0.25) is 10.1 Å². The third-order valence-corrected chi connectivity index (χ3v) is 6.32. The van der Waals surface area contributed by atoms with Gasteiger partial charge in [0.25, 0.3) is 0 Å². The normalized spacial score (nSPS) is 22.8. The van der Waals surface area contributed by atoms with Crippen LogP contribution >= 0.6 is 22.6 Å². The average molecular weight is 377 g/mol. The van der Waals surface area contributed by atoms with E-state index < -0.39 is 9.84 Å². The molecule has 1 aromatic rings. The number of carbonyl (C=O) groups is 1. The number of benzene rings is 1. The molecule has 1 N–H and O–H groups in total. The van der Waals surface area contributed by atoms with Crippen molar-refractivity contribution >= 4 is 36.2 Å². The molecule has 2 aliphatic rings. The Kier molecular flexibility index (Phi) is 2.98. The maximum atomic E-state index is 12.1.